The van der Waals surface area contributed by atoms with Crippen molar-refractivity contribution in [2.45, 2.75) is 13.8 Å². The first-order chi connectivity index (χ1) is 7.65. The molecule has 82 valence electrons. The van der Waals surface area contributed by atoms with Crippen LogP contribution in [-0.4, -0.2) is 9.97 Å². The molecule has 2 aromatic rings. The Kier molecular flexibility index (Phi) is 2.72. The number of nitrogens with two attached hydrogens (primary N) is 1. The second-order valence-corrected chi connectivity index (χ2v) is 3.69. The van der Waals surface area contributed by atoms with E-state index in [1.54, 1.807) is 18.3 Å². The van der Waals surface area contributed by atoms with Crippen molar-refractivity contribution in [3.63, 3.8) is 0 Å². The predicted octanol–water partition coefficient (Wildman–Crippen LogP) is 2.42. The number of nitrogen functional groups attached to an aromatic ring is 1. The maximum Gasteiger partial charge on any atom is 0.132 e. The van der Waals surface area contributed by atoms with Crippen LogP contribution in [-0.2, 0) is 0 Å². The zero-order chi connectivity index (χ0) is 11.5. The van der Waals surface area contributed by atoms with Crippen LogP contribution in [0.25, 0.3) is 0 Å². The fourth-order valence-corrected chi connectivity index (χ4v) is 1.47. The highest BCUT2D eigenvalue weighted by Gasteiger charge is 2.01. The van der Waals surface area contributed by atoms with Gasteiger partial charge in [0, 0.05) is 23.6 Å². The minimum absolute atomic E-state index is 0.690. The third kappa shape index (κ3) is 2.28. The van der Waals surface area contributed by atoms with Gasteiger partial charge in [-0.2, -0.15) is 0 Å². The van der Waals surface area contributed by atoms with E-state index in [0.717, 1.165) is 22.9 Å². The van der Waals surface area contributed by atoms with Crippen LogP contribution in [0.1, 0.15) is 11.4 Å². The van der Waals surface area contributed by atoms with Gasteiger partial charge in [-0.3, -0.25) is 4.98 Å². The smallest absolute Gasteiger partial charge is 0.132 e. The van der Waals surface area contributed by atoms with Gasteiger partial charge >= 0.3 is 0 Å². The van der Waals surface area contributed by atoms with Crippen molar-refractivity contribution in [2.75, 3.05) is 11.1 Å². The van der Waals surface area contributed by atoms with E-state index in [0.29, 0.717) is 5.69 Å². The Balaban J connectivity index is 2.27. The van der Waals surface area contributed by atoms with Gasteiger partial charge in [0.15, 0.2) is 0 Å². The van der Waals surface area contributed by atoms with Crippen LogP contribution in [0.3, 0.4) is 0 Å². The number of anilines is 3. The SMILES string of the molecule is Cc1ccc(Nc2cc(N)ccn2)c(C)n1. The Morgan fingerprint density at radius 2 is 2.00 bits per heavy atom. The lowest BCUT2D eigenvalue weighted by atomic mass is 10.2. The fourth-order valence-electron chi connectivity index (χ4n) is 1.47. The van der Waals surface area contributed by atoms with Gasteiger partial charge in [-0.25, -0.2) is 4.98 Å². The van der Waals surface area contributed by atoms with Crippen LogP contribution in [0.4, 0.5) is 17.2 Å². The van der Waals surface area contributed by atoms with E-state index < -0.39 is 0 Å². The average Bonchev–Trinajstić information content (AvgIpc) is 2.22. The quantitative estimate of drug-likeness (QED) is 0.805. The molecule has 2 heterocycles. The summed E-state index contributed by atoms with van der Waals surface area (Å²) in [7, 11) is 0. The molecule has 16 heavy (non-hydrogen) atoms. The number of hydrogen-bond donors (Lipinski definition) is 2. The molecule has 0 spiro atoms. The summed E-state index contributed by atoms with van der Waals surface area (Å²) >= 11 is 0. The van der Waals surface area contributed by atoms with Gasteiger partial charge in [0.25, 0.3) is 0 Å². The molecule has 2 rings (SSSR count). The number of rotatable bonds is 2. The predicted molar refractivity (Wildman–Crippen MR) is 65.6 cm³/mol. The monoisotopic (exact) mass is 214 g/mol. The summed E-state index contributed by atoms with van der Waals surface area (Å²) < 4.78 is 0. The maximum absolute atomic E-state index is 5.68. The largest absolute Gasteiger partial charge is 0.399 e. The van der Waals surface area contributed by atoms with E-state index in [-0.39, 0.29) is 0 Å². The zero-order valence-corrected chi connectivity index (χ0v) is 9.36. The van der Waals surface area contributed by atoms with Crippen LogP contribution < -0.4 is 11.1 Å². The van der Waals surface area contributed by atoms with Gasteiger partial charge in [-0.05, 0) is 32.0 Å². The number of hydrogen-bond acceptors (Lipinski definition) is 4. The van der Waals surface area contributed by atoms with Gasteiger partial charge in [0.2, 0.25) is 0 Å². The summed E-state index contributed by atoms with van der Waals surface area (Å²) in [6.07, 6.45) is 1.68. The normalized spacial score (nSPS) is 10.1. The summed E-state index contributed by atoms with van der Waals surface area (Å²) in [5.41, 5.74) is 9.27. The number of aromatic nitrogens is 2. The Hall–Kier alpha value is -2.10. The fraction of sp³-hybridized carbons (Fsp3) is 0.167. The maximum atomic E-state index is 5.68. The number of nitrogens with one attached hydrogen (secondary N) is 1. The standard InChI is InChI=1S/C12H14N4/c1-8-3-4-11(9(2)15-8)16-12-7-10(13)5-6-14-12/h3-7H,1-2H3,(H3,13,14,16). The van der Waals surface area contributed by atoms with E-state index in [1.165, 1.54) is 0 Å². The lowest BCUT2D eigenvalue weighted by Crippen LogP contribution is -1.98. The molecule has 0 saturated carbocycles. The third-order valence-electron chi connectivity index (χ3n) is 2.27. The molecule has 0 atom stereocenters. The van der Waals surface area contributed by atoms with Crippen molar-refractivity contribution in [1.29, 1.82) is 0 Å². The van der Waals surface area contributed by atoms with Crippen LogP contribution >= 0.6 is 0 Å². The highest BCUT2D eigenvalue weighted by molar-refractivity contribution is 5.61. The van der Waals surface area contributed by atoms with Gasteiger partial charge in [0.05, 0.1) is 11.4 Å². The highest BCUT2D eigenvalue weighted by atomic mass is 15.0. The molecule has 0 aliphatic carbocycles. The first kappa shape index (κ1) is 10.4. The molecular weight excluding hydrogens is 200 g/mol. The van der Waals surface area contributed by atoms with Crippen LogP contribution in [0, 0.1) is 13.8 Å². The number of pyridine rings is 2. The summed E-state index contributed by atoms with van der Waals surface area (Å²) in [4.78, 5) is 8.55. The number of nitrogens with zero attached hydrogens (tertiary/aromatic N) is 2. The Labute approximate surface area is 94.5 Å². The van der Waals surface area contributed by atoms with Gasteiger partial charge < -0.3 is 11.1 Å². The van der Waals surface area contributed by atoms with Crippen LogP contribution in [0.5, 0.6) is 0 Å². The van der Waals surface area contributed by atoms with Gasteiger partial charge in [-0.1, -0.05) is 0 Å². The van der Waals surface area contributed by atoms with Crippen molar-refractivity contribution < 1.29 is 0 Å². The van der Waals surface area contributed by atoms with E-state index in [2.05, 4.69) is 15.3 Å². The van der Waals surface area contributed by atoms with Gasteiger partial charge in [0.1, 0.15) is 5.82 Å². The first-order valence-electron chi connectivity index (χ1n) is 5.08. The van der Waals surface area contributed by atoms with Gasteiger partial charge in [-0.15, -0.1) is 0 Å². The number of aryl methyl sites for hydroxylation is 2. The molecule has 4 nitrogen and oxygen atoms in total. The molecule has 0 amide bonds. The molecule has 4 heteroatoms. The molecule has 3 N–H and O–H groups in total. The topological polar surface area (TPSA) is 63.8 Å². The summed E-state index contributed by atoms with van der Waals surface area (Å²) in [6.45, 7) is 3.93. The summed E-state index contributed by atoms with van der Waals surface area (Å²) in [5.74, 6) is 0.730. The summed E-state index contributed by atoms with van der Waals surface area (Å²) in [6, 6.07) is 7.49. The minimum atomic E-state index is 0.690. The van der Waals surface area contributed by atoms with E-state index >= 15 is 0 Å². The summed E-state index contributed by atoms with van der Waals surface area (Å²) in [5, 5.41) is 3.19. The molecule has 0 saturated heterocycles. The third-order valence-corrected chi connectivity index (χ3v) is 2.27. The lowest BCUT2D eigenvalue weighted by molar-refractivity contribution is 1.12. The first-order valence-corrected chi connectivity index (χ1v) is 5.08. The van der Waals surface area contributed by atoms with Crippen molar-refractivity contribution >= 4 is 17.2 Å². The van der Waals surface area contributed by atoms with Crippen molar-refractivity contribution in [3.05, 3.63) is 41.9 Å². The molecule has 0 aromatic carbocycles. The molecular formula is C12H14N4. The Bertz CT molecular complexity index is 508. The van der Waals surface area contributed by atoms with Crippen LogP contribution in [0.2, 0.25) is 0 Å². The second kappa shape index (κ2) is 4.18. The molecule has 0 bridgehead atoms. The lowest BCUT2D eigenvalue weighted by Gasteiger charge is -2.08. The average molecular weight is 214 g/mol. The van der Waals surface area contributed by atoms with Crippen molar-refractivity contribution in [2.24, 2.45) is 0 Å². The Morgan fingerprint density at radius 1 is 1.19 bits per heavy atom. The van der Waals surface area contributed by atoms with E-state index in [4.69, 9.17) is 5.73 Å². The van der Waals surface area contributed by atoms with E-state index in [1.807, 2.05) is 26.0 Å². The Morgan fingerprint density at radius 3 is 2.69 bits per heavy atom. The minimum Gasteiger partial charge on any atom is -0.399 e. The molecule has 0 unspecified atom stereocenters. The zero-order valence-electron chi connectivity index (χ0n) is 9.36. The molecule has 0 aliphatic heterocycles. The van der Waals surface area contributed by atoms with Crippen molar-refractivity contribution in [1.82, 2.24) is 9.97 Å². The van der Waals surface area contributed by atoms with E-state index in [9.17, 15) is 0 Å². The molecule has 0 radical (unpaired) electrons. The highest BCUT2D eigenvalue weighted by Crippen LogP contribution is 2.18. The molecule has 0 fully saturated rings. The van der Waals surface area contributed by atoms with Crippen LogP contribution in [0.15, 0.2) is 30.5 Å². The second-order valence-electron chi connectivity index (χ2n) is 3.69. The molecule has 2 aromatic heterocycles. The molecule has 0 aliphatic rings. The van der Waals surface area contributed by atoms with Crippen molar-refractivity contribution in [3.8, 4) is 0 Å².